The highest BCUT2D eigenvalue weighted by Crippen LogP contribution is 2.11. The molecule has 0 radical (unpaired) electrons. The third kappa shape index (κ3) is 3.04. The largest absolute Gasteiger partial charge is 0.340 e. The summed E-state index contributed by atoms with van der Waals surface area (Å²) < 4.78 is 25.8. The molecule has 1 aromatic rings. The Bertz CT molecular complexity index is 443. The van der Waals surface area contributed by atoms with Crippen LogP contribution >= 0.6 is 0 Å². The second kappa shape index (κ2) is 5.44. The number of nitrogens with zero attached hydrogens (tertiary/aromatic N) is 2. The molecule has 0 aliphatic carbocycles. The smallest absolute Gasteiger partial charge is 0.227 e. The zero-order chi connectivity index (χ0) is 13.1. The predicted molar refractivity (Wildman–Crippen MR) is 64.1 cm³/mol. The zero-order valence-corrected chi connectivity index (χ0v) is 10.3. The van der Waals surface area contributed by atoms with Gasteiger partial charge in [0.15, 0.2) is 11.6 Å². The normalized spacial score (nSPS) is 16.9. The van der Waals surface area contributed by atoms with Crippen LogP contribution in [0.4, 0.5) is 8.78 Å². The molecule has 0 spiro atoms. The van der Waals surface area contributed by atoms with Gasteiger partial charge in [-0.25, -0.2) is 8.78 Å². The average molecular weight is 254 g/mol. The number of amides is 1. The standard InChI is InChI=1S/C13H16F2N2O/c1-16-4-6-17(7-5-16)13(18)9-10-2-3-11(14)12(15)8-10/h2-3,8H,4-7,9H2,1H3. The summed E-state index contributed by atoms with van der Waals surface area (Å²) in [6.07, 6.45) is 0.126. The van der Waals surface area contributed by atoms with Crippen LogP contribution in [0.3, 0.4) is 0 Å². The Morgan fingerprint density at radius 1 is 1.17 bits per heavy atom. The van der Waals surface area contributed by atoms with Crippen molar-refractivity contribution in [3.63, 3.8) is 0 Å². The van der Waals surface area contributed by atoms with Crippen LogP contribution < -0.4 is 0 Å². The van der Waals surface area contributed by atoms with Gasteiger partial charge in [-0.1, -0.05) is 6.07 Å². The molecular weight excluding hydrogens is 238 g/mol. The number of hydrogen-bond donors (Lipinski definition) is 0. The molecule has 1 amide bonds. The van der Waals surface area contributed by atoms with Crippen LogP contribution in [0.2, 0.25) is 0 Å². The maximum Gasteiger partial charge on any atom is 0.227 e. The molecule has 5 heteroatoms. The van der Waals surface area contributed by atoms with Gasteiger partial charge >= 0.3 is 0 Å². The lowest BCUT2D eigenvalue weighted by atomic mass is 10.1. The number of hydrogen-bond acceptors (Lipinski definition) is 2. The van der Waals surface area contributed by atoms with Crippen LogP contribution in [-0.4, -0.2) is 48.9 Å². The molecule has 1 heterocycles. The van der Waals surface area contributed by atoms with Crippen molar-refractivity contribution in [1.82, 2.24) is 9.80 Å². The molecule has 98 valence electrons. The quantitative estimate of drug-likeness (QED) is 0.794. The molecule has 0 N–H and O–H groups in total. The molecule has 0 unspecified atom stereocenters. The van der Waals surface area contributed by atoms with E-state index in [1.54, 1.807) is 4.90 Å². The molecule has 18 heavy (non-hydrogen) atoms. The lowest BCUT2D eigenvalue weighted by Gasteiger charge is -2.32. The summed E-state index contributed by atoms with van der Waals surface area (Å²) in [7, 11) is 2.01. The first-order valence-corrected chi connectivity index (χ1v) is 5.96. The monoisotopic (exact) mass is 254 g/mol. The highest BCUT2D eigenvalue weighted by atomic mass is 19.2. The van der Waals surface area contributed by atoms with E-state index in [1.165, 1.54) is 6.07 Å². The SMILES string of the molecule is CN1CCN(C(=O)Cc2ccc(F)c(F)c2)CC1. The molecule has 1 aliphatic rings. The fourth-order valence-corrected chi connectivity index (χ4v) is 1.99. The third-order valence-corrected chi connectivity index (χ3v) is 3.20. The summed E-state index contributed by atoms with van der Waals surface area (Å²) in [5, 5.41) is 0. The Kier molecular flexibility index (Phi) is 3.91. The topological polar surface area (TPSA) is 23.6 Å². The molecule has 0 aromatic heterocycles. The van der Waals surface area contributed by atoms with Gasteiger partial charge in [-0.3, -0.25) is 4.79 Å². The van der Waals surface area contributed by atoms with Gasteiger partial charge in [-0.15, -0.1) is 0 Å². The Labute approximate surface area is 105 Å². The number of rotatable bonds is 2. The zero-order valence-electron chi connectivity index (χ0n) is 10.3. The van der Waals surface area contributed by atoms with Crippen molar-refractivity contribution in [2.75, 3.05) is 33.2 Å². The van der Waals surface area contributed by atoms with Crippen LogP contribution in [0.1, 0.15) is 5.56 Å². The third-order valence-electron chi connectivity index (χ3n) is 3.20. The van der Waals surface area contributed by atoms with E-state index in [-0.39, 0.29) is 12.3 Å². The Morgan fingerprint density at radius 3 is 2.44 bits per heavy atom. The van der Waals surface area contributed by atoms with Gasteiger partial charge in [0, 0.05) is 26.2 Å². The molecule has 2 rings (SSSR count). The van der Waals surface area contributed by atoms with Gasteiger partial charge in [-0.2, -0.15) is 0 Å². The minimum atomic E-state index is -0.904. The van der Waals surface area contributed by atoms with Crippen molar-refractivity contribution in [2.45, 2.75) is 6.42 Å². The Hall–Kier alpha value is -1.49. The van der Waals surface area contributed by atoms with Gasteiger partial charge in [-0.05, 0) is 24.7 Å². The summed E-state index contributed by atoms with van der Waals surface area (Å²) in [4.78, 5) is 15.9. The molecule has 1 aliphatic heterocycles. The number of carbonyl (C=O) groups is 1. The van der Waals surface area contributed by atoms with Gasteiger partial charge < -0.3 is 9.80 Å². The van der Waals surface area contributed by atoms with Crippen molar-refractivity contribution in [3.8, 4) is 0 Å². The number of benzene rings is 1. The summed E-state index contributed by atoms with van der Waals surface area (Å²) in [5.74, 6) is -1.82. The summed E-state index contributed by atoms with van der Waals surface area (Å²) >= 11 is 0. The lowest BCUT2D eigenvalue weighted by Crippen LogP contribution is -2.47. The molecule has 1 aromatic carbocycles. The second-order valence-corrected chi connectivity index (χ2v) is 4.61. The van der Waals surface area contributed by atoms with Crippen LogP contribution in [0.5, 0.6) is 0 Å². The van der Waals surface area contributed by atoms with Gasteiger partial charge in [0.05, 0.1) is 6.42 Å². The summed E-state index contributed by atoms with van der Waals surface area (Å²) in [6.45, 7) is 3.09. The maximum absolute atomic E-state index is 13.0. The molecule has 1 saturated heterocycles. The Morgan fingerprint density at radius 2 is 1.83 bits per heavy atom. The maximum atomic E-state index is 13.0. The van der Waals surface area contributed by atoms with E-state index < -0.39 is 11.6 Å². The van der Waals surface area contributed by atoms with Crippen LogP contribution in [0.15, 0.2) is 18.2 Å². The predicted octanol–water partition coefficient (Wildman–Crippen LogP) is 1.28. The van der Waals surface area contributed by atoms with Gasteiger partial charge in [0.25, 0.3) is 0 Å². The van der Waals surface area contributed by atoms with Crippen molar-refractivity contribution < 1.29 is 13.6 Å². The van der Waals surface area contributed by atoms with Crippen molar-refractivity contribution >= 4 is 5.91 Å². The number of carbonyl (C=O) groups excluding carboxylic acids is 1. The summed E-state index contributed by atoms with van der Waals surface area (Å²) in [5.41, 5.74) is 0.512. The van der Waals surface area contributed by atoms with E-state index in [4.69, 9.17) is 0 Å². The number of piperazine rings is 1. The van der Waals surface area contributed by atoms with Gasteiger partial charge in [0.2, 0.25) is 5.91 Å². The second-order valence-electron chi connectivity index (χ2n) is 4.61. The molecular formula is C13H16F2N2O. The fraction of sp³-hybridized carbons (Fsp3) is 0.462. The first kappa shape index (κ1) is 13.0. The first-order valence-electron chi connectivity index (χ1n) is 5.96. The summed E-state index contributed by atoms with van der Waals surface area (Å²) in [6, 6.07) is 3.59. The van der Waals surface area contributed by atoms with Crippen molar-refractivity contribution in [3.05, 3.63) is 35.4 Å². The van der Waals surface area contributed by atoms with Gasteiger partial charge in [0.1, 0.15) is 0 Å². The average Bonchev–Trinajstić information content (AvgIpc) is 2.34. The molecule has 3 nitrogen and oxygen atoms in total. The first-order chi connectivity index (χ1) is 8.56. The van der Waals surface area contributed by atoms with E-state index in [2.05, 4.69) is 4.90 Å². The van der Waals surface area contributed by atoms with Crippen LogP contribution in [0.25, 0.3) is 0 Å². The number of likely N-dealkylation sites (N-methyl/N-ethyl adjacent to an activating group) is 1. The van der Waals surface area contributed by atoms with E-state index in [0.717, 1.165) is 25.2 Å². The number of halogens is 2. The van der Waals surface area contributed by atoms with E-state index in [9.17, 15) is 13.6 Å². The molecule has 0 saturated carbocycles. The molecule has 0 bridgehead atoms. The van der Waals surface area contributed by atoms with Crippen LogP contribution in [-0.2, 0) is 11.2 Å². The highest BCUT2D eigenvalue weighted by molar-refractivity contribution is 5.78. The van der Waals surface area contributed by atoms with Crippen molar-refractivity contribution in [1.29, 1.82) is 0 Å². The lowest BCUT2D eigenvalue weighted by molar-refractivity contribution is -0.132. The van der Waals surface area contributed by atoms with E-state index in [0.29, 0.717) is 18.7 Å². The minimum Gasteiger partial charge on any atom is -0.340 e. The molecule has 0 atom stereocenters. The fourth-order valence-electron chi connectivity index (χ4n) is 1.99. The molecule has 1 fully saturated rings. The minimum absolute atomic E-state index is 0.0332. The van der Waals surface area contributed by atoms with Crippen LogP contribution in [0, 0.1) is 11.6 Å². The van der Waals surface area contributed by atoms with E-state index >= 15 is 0 Å². The van der Waals surface area contributed by atoms with Crippen molar-refractivity contribution in [2.24, 2.45) is 0 Å². The Balaban J connectivity index is 1.96. The van der Waals surface area contributed by atoms with E-state index in [1.807, 2.05) is 7.05 Å². The highest BCUT2D eigenvalue weighted by Gasteiger charge is 2.19.